The van der Waals surface area contributed by atoms with Crippen molar-refractivity contribution in [3.63, 3.8) is 0 Å². The van der Waals surface area contributed by atoms with Gasteiger partial charge in [-0.3, -0.25) is 4.79 Å². The molecule has 1 saturated heterocycles. The molecule has 2 atom stereocenters. The van der Waals surface area contributed by atoms with E-state index < -0.39 is 24.0 Å². The first-order valence-electron chi connectivity index (χ1n) is 11.3. The third-order valence-corrected chi connectivity index (χ3v) is 6.21. The summed E-state index contributed by atoms with van der Waals surface area (Å²) in [5, 5.41) is 17.0. The first kappa shape index (κ1) is 24.1. The van der Waals surface area contributed by atoms with Crippen molar-refractivity contribution in [1.82, 2.24) is 15.1 Å². The SMILES string of the molecule is CCOC(=O)c1nn(-c2ccccc2)cc1[C@H]1NC(=O)[C@H](C#N)C(=S)N1c1ccc(C(C)C)cc1. The van der Waals surface area contributed by atoms with Crippen molar-refractivity contribution >= 4 is 34.8 Å². The Bertz CT molecular complexity index is 1290. The fourth-order valence-corrected chi connectivity index (χ4v) is 4.32. The number of nitrogens with zero attached hydrogens (tertiary/aromatic N) is 4. The highest BCUT2D eigenvalue weighted by Gasteiger charge is 2.42. The molecule has 1 aliphatic rings. The zero-order valence-corrected chi connectivity index (χ0v) is 20.5. The van der Waals surface area contributed by atoms with E-state index in [1.165, 1.54) is 0 Å². The van der Waals surface area contributed by atoms with Crippen LogP contribution in [0.5, 0.6) is 0 Å². The van der Waals surface area contributed by atoms with Gasteiger partial charge in [0.2, 0.25) is 5.91 Å². The Labute approximate surface area is 209 Å². The maximum atomic E-state index is 12.9. The summed E-state index contributed by atoms with van der Waals surface area (Å²) in [5.41, 5.74) is 3.03. The van der Waals surface area contributed by atoms with E-state index in [2.05, 4.69) is 24.3 Å². The van der Waals surface area contributed by atoms with E-state index in [0.29, 0.717) is 17.2 Å². The van der Waals surface area contributed by atoms with Gasteiger partial charge in [-0.05, 0) is 42.7 Å². The molecule has 0 radical (unpaired) electrons. The minimum absolute atomic E-state index is 0.0583. The lowest BCUT2D eigenvalue weighted by molar-refractivity contribution is -0.123. The summed E-state index contributed by atoms with van der Waals surface area (Å²) >= 11 is 5.63. The van der Waals surface area contributed by atoms with Gasteiger partial charge in [0, 0.05) is 17.4 Å². The zero-order chi connectivity index (χ0) is 25.1. The number of carbonyl (C=O) groups is 2. The summed E-state index contributed by atoms with van der Waals surface area (Å²) in [6.45, 7) is 6.07. The van der Waals surface area contributed by atoms with Crippen LogP contribution >= 0.6 is 12.2 Å². The van der Waals surface area contributed by atoms with E-state index >= 15 is 0 Å². The van der Waals surface area contributed by atoms with Crippen LogP contribution in [0.1, 0.15) is 54.5 Å². The number of para-hydroxylation sites is 1. The highest BCUT2D eigenvalue weighted by atomic mass is 32.1. The van der Waals surface area contributed by atoms with Gasteiger partial charge in [0.25, 0.3) is 0 Å². The highest BCUT2D eigenvalue weighted by Crippen LogP contribution is 2.34. The molecule has 0 aliphatic carbocycles. The normalized spacial score (nSPS) is 17.7. The number of amides is 1. The Kier molecular flexibility index (Phi) is 6.94. The molecule has 1 fully saturated rings. The number of nitrogens with one attached hydrogen (secondary N) is 1. The van der Waals surface area contributed by atoms with Gasteiger partial charge in [-0.15, -0.1) is 0 Å². The topological polar surface area (TPSA) is 100 Å². The van der Waals surface area contributed by atoms with E-state index in [-0.39, 0.29) is 17.3 Å². The van der Waals surface area contributed by atoms with Crippen molar-refractivity contribution in [2.45, 2.75) is 32.9 Å². The molecular formula is C26H25N5O3S. The number of thiocarbonyl (C=S) groups is 1. The monoisotopic (exact) mass is 487 g/mol. The maximum Gasteiger partial charge on any atom is 0.359 e. The molecule has 178 valence electrons. The Morgan fingerprint density at radius 1 is 1.17 bits per heavy atom. The molecular weight excluding hydrogens is 462 g/mol. The van der Waals surface area contributed by atoms with Gasteiger partial charge in [0.05, 0.1) is 18.4 Å². The van der Waals surface area contributed by atoms with Crippen molar-refractivity contribution in [3.8, 4) is 11.8 Å². The molecule has 35 heavy (non-hydrogen) atoms. The van der Waals surface area contributed by atoms with Crippen LogP contribution in [0.4, 0.5) is 5.69 Å². The average molecular weight is 488 g/mol. The number of anilines is 1. The van der Waals surface area contributed by atoms with Crippen LogP contribution in [-0.4, -0.2) is 33.3 Å². The van der Waals surface area contributed by atoms with E-state index in [9.17, 15) is 14.9 Å². The quantitative estimate of drug-likeness (QED) is 0.409. The van der Waals surface area contributed by atoms with E-state index in [1.807, 2.05) is 60.7 Å². The highest BCUT2D eigenvalue weighted by molar-refractivity contribution is 7.80. The summed E-state index contributed by atoms with van der Waals surface area (Å²) in [7, 11) is 0. The van der Waals surface area contributed by atoms with Gasteiger partial charge in [0.15, 0.2) is 11.6 Å². The summed E-state index contributed by atoms with van der Waals surface area (Å²) in [6.07, 6.45) is 0.818. The molecule has 0 spiro atoms. The molecule has 1 N–H and O–H groups in total. The molecule has 1 amide bonds. The summed E-state index contributed by atoms with van der Waals surface area (Å²) in [5.74, 6) is -1.95. The predicted molar refractivity (Wildman–Crippen MR) is 135 cm³/mol. The predicted octanol–water partition coefficient (Wildman–Crippen LogP) is 4.27. The number of aromatic nitrogens is 2. The second kappa shape index (κ2) is 10.1. The van der Waals surface area contributed by atoms with E-state index in [4.69, 9.17) is 17.0 Å². The minimum Gasteiger partial charge on any atom is -0.461 e. The van der Waals surface area contributed by atoms with Crippen molar-refractivity contribution in [3.05, 3.63) is 77.6 Å². The molecule has 3 aromatic rings. The molecule has 0 saturated carbocycles. The number of esters is 1. The van der Waals surface area contributed by atoms with Crippen LogP contribution in [0.15, 0.2) is 60.8 Å². The van der Waals surface area contributed by atoms with Crippen LogP contribution in [0, 0.1) is 17.2 Å². The Morgan fingerprint density at radius 3 is 2.46 bits per heavy atom. The number of hydrogen-bond donors (Lipinski definition) is 1. The molecule has 2 heterocycles. The van der Waals surface area contributed by atoms with Gasteiger partial charge < -0.3 is 15.0 Å². The Balaban J connectivity index is 1.86. The van der Waals surface area contributed by atoms with Crippen LogP contribution in [0.2, 0.25) is 0 Å². The lowest BCUT2D eigenvalue weighted by Crippen LogP contribution is -2.56. The number of nitriles is 1. The second-order valence-electron chi connectivity index (χ2n) is 8.36. The molecule has 9 heteroatoms. The van der Waals surface area contributed by atoms with Gasteiger partial charge in [-0.1, -0.05) is 56.4 Å². The molecule has 0 bridgehead atoms. The van der Waals surface area contributed by atoms with E-state index in [0.717, 1.165) is 11.3 Å². The number of ether oxygens (including phenoxy) is 1. The molecule has 8 nitrogen and oxygen atoms in total. The fourth-order valence-electron chi connectivity index (χ4n) is 3.95. The average Bonchev–Trinajstić information content (AvgIpc) is 3.30. The summed E-state index contributed by atoms with van der Waals surface area (Å²) in [6, 6.07) is 19.0. The fraction of sp³-hybridized carbons (Fsp3) is 0.269. The summed E-state index contributed by atoms with van der Waals surface area (Å²) < 4.78 is 6.82. The van der Waals surface area contributed by atoms with Crippen LogP contribution < -0.4 is 10.2 Å². The molecule has 4 rings (SSSR count). The third kappa shape index (κ3) is 4.66. The van der Waals surface area contributed by atoms with Gasteiger partial charge in [-0.2, -0.15) is 10.4 Å². The van der Waals surface area contributed by atoms with Crippen molar-refractivity contribution in [2.24, 2.45) is 5.92 Å². The van der Waals surface area contributed by atoms with Crippen LogP contribution in [0.3, 0.4) is 0 Å². The molecule has 0 unspecified atom stereocenters. The third-order valence-electron chi connectivity index (χ3n) is 5.78. The van der Waals surface area contributed by atoms with Crippen molar-refractivity contribution in [1.29, 1.82) is 5.26 Å². The van der Waals surface area contributed by atoms with Crippen LogP contribution in [0.25, 0.3) is 5.69 Å². The second-order valence-corrected chi connectivity index (χ2v) is 8.78. The molecule has 2 aromatic carbocycles. The van der Waals surface area contributed by atoms with Crippen molar-refractivity contribution in [2.75, 3.05) is 11.5 Å². The number of carbonyl (C=O) groups excluding carboxylic acids is 2. The largest absolute Gasteiger partial charge is 0.461 e. The summed E-state index contributed by atoms with van der Waals surface area (Å²) in [4.78, 5) is 27.6. The molecule has 1 aromatic heterocycles. The molecule has 1 aliphatic heterocycles. The smallest absolute Gasteiger partial charge is 0.359 e. The van der Waals surface area contributed by atoms with Crippen LogP contribution in [-0.2, 0) is 9.53 Å². The maximum absolute atomic E-state index is 12.9. The van der Waals surface area contributed by atoms with Gasteiger partial charge in [-0.25, -0.2) is 9.48 Å². The Hall–Kier alpha value is -4.03. The van der Waals surface area contributed by atoms with E-state index in [1.54, 1.807) is 22.7 Å². The van der Waals surface area contributed by atoms with Crippen molar-refractivity contribution < 1.29 is 14.3 Å². The van der Waals surface area contributed by atoms with Gasteiger partial charge >= 0.3 is 5.97 Å². The number of hydrogen-bond acceptors (Lipinski definition) is 6. The first-order valence-corrected chi connectivity index (χ1v) is 11.7. The minimum atomic E-state index is -1.14. The number of rotatable bonds is 6. The van der Waals surface area contributed by atoms with Gasteiger partial charge in [0.1, 0.15) is 11.2 Å². The lowest BCUT2D eigenvalue weighted by atomic mass is 9.99. The lowest BCUT2D eigenvalue weighted by Gasteiger charge is -2.39. The first-order chi connectivity index (χ1) is 16.8. The Morgan fingerprint density at radius 2 is 1.86 bits per heavy atom. The standard InChI is InChI=1S/C26H25N5O3S/c1-4-34-26(33)22-21(15-30(29-22)18-8-6-5-7-9-18)23-28-24(32)20(14-27)25(35)31(23)19-12-10-17(11-13-19)16(2)3/h5-13,15-16,20,23H,4H2,1-3H3,(H,28,32)/t20-,23-/m0/s1. The number of benzene rings is 2. The zero-order valence-electron chi connectivity index (χ0n) is 19.6.